The van der Waals surface area contributed by atoms with Gasteiger partial charge in [0.25, 0.3) is 0 Å². The lowest BCUT2D eigenvalue weighted by atomic mass is 10.2. The predicted octanol–water partition coefficient (Wildman–Crippen LogP) is 2.33. The van der Waals surface area contributed by atoms with Crippen molar-refractivity contribution in [1.82, 2.24) is 4.90 Å². The van der Waals surface area contributed by atoms with Crippen molar-refractivity contribution in [2.75, 3.05) is 26.0 Å². The van der Waals surface area contributed by atoms with Crippen LogP contribution in [-0.4, -0.2) is 56.8 Å². The second-order valence-corrected chi connectivity index (χ2v) is 7.12. The molecule has 1 aromatic carbocycles. The van der Waals surface area contributed by atoms with E-state index in [4.69, 9.17) is 21.4 Å². The number of halogens is 1. The molecule has 9 heteroatoms. The van der Waals surface area contributed by atoms with Crippen molar-refractivity contribution in [2.24, 2.45) is 0 Å². The van der Waals surface area contributed by atoms with E-state index in [-0.39, 0.29) is 27.0 Å². The predicted molar refractivity (Wildman–Crippen MR) is 91.7 cm³/mol. The molecule has 0 bridgehead atoms. The summed E-state index contributed by atoms with van der Waals surface area (Å²) in [6.07, 6.45) is 0.861. The second kappa shape index (κ2) is 10.1. The fourth-order valence-electron chi connectivity index (χ4n) is 1.67. The number of carbonyl (C=O) groups is 2. The number of amides is 1. The number of methoxy groups -OCH3 is 1. The number of rotatable bonds is 7. The zero-order valence-corrected chi connectivity index (χ0v) is 15.6. The Labute approximate surface area is 147 Å². The second-order valence-electron chi connectivity index (χ2n) is 4.49. The topological polar surface area (TPSA) is 101 Å². The summed E-state index contributed by atoms with van der Waals surface area (Å²) in [5.74, 6) is -1.49. The van der Waals surface area contributed by atoms with E-state index in [9.17, 15) is 18.0 Å². The fraction of sp³-hybridized carbons (Fsp3) is 0.467. The lowest BCUT2D eigenvalue weighted by molar-refractivity contribution is -0.117. The van der Waals surface area contributed by atoms with Crippen LogP contribution in [0.25, 0.3) is 0 Å². The van der Waals surface area contributed by atoms with E-state index in [0.717, 1.165) is 25.6 Å². The molecule has 0 saturated heterocycles. The van der Waals surface area contributed by atoms with Crippen LogP contribution >= 0.6 is 11.6 Å². The summed E-state index contributed by atoms with van der Waals surface area (Å²) in [5, 5.41) is 8.63. The number of benzene rings is 1. The van der Waals surface area contributed by atoms with Gasteiger partial charge in [-0.1, -0.05) is 18.5 Å². The van der Waals surface area contributed by atoms with E-state index < -0.39 is 15.8 Å². The summed E-state index contributed by atoms with van der Waals surface area (Å²) in [6.45, 7) is 7.03. The molecule has 0 fully saturated rings. The molecule has 0 aliphatic carbocycles. The number of carboxylic acid groups (broad SMARTS) is 1. The van der Waals surface area contributed by atoms with Crippen molar-refractivity contribution in [3.8, 4) is 5.75 Å². The van der Waals surface area contributed by atoms with Crippen molar-refractivity contribution in [2.45, 2.75) is 25.7 Å². The van der Waals surface area contributed by atoms with Gasteiger partial charge in [0.05, 0.1) is 23.4 Å². The first kappa shape index (κ1) is 22.2. The molecular formula is C15H22ClNO6S. The molecule has 0 unspecified atom stereocenters. The lowest BCUT2D eigenvalue weighted by Crippen LogP contribution is -2.19. The maximum atomic E-state index is 11.7. The number of carboxylic acids is 1. The van der Waals surface area contributed by atoms with Crippen LogP contribution in [0.2, 0.25) is 5.02 Å². The molecule has 0 aliphatic heterocycles. The van der Waals surface area contributed by atoms with Crippen LogP contribution in [0.15, 0.2) is 17.0 Å². The summed E-state index contributed by atoms with van der Waals surface area (Å²) in [7, 11) is -2.27. The van der Waals surface area contributed by atoms with Crippen LogP contribution in [0.5, 0.6) is 5.75 Å². The molecule has 1 aromatic rings. The minimum Gasteiger partial charge on any atom is -0.494 e. The molecule has 136 valence electrons. The molecule has 0 atom stereocenters. The summed E-state index contributed by atoms with van der Waals surface area (Å²) in [5.41, 5.74) is -0.196. The first-order valence-electron chi connectivity index (χ1n) is 7.21. The van der Waals surface area contributed by atoms with Gasteiger partial charge in [-0.05, 0) is 26.0 Å². The third-order valence-corrected chi connectivity index (χ3v) is 5.30. The minimum atomic E-state index is -3.51. The highest BCUT2D eigenvalue weighted by molar-refractivity contribution is 7.91. The normalized spacial score (nSPS) is 10.4. The quantitative estimate of drug-likeness (QED) is 0.729. The van der Waals surface area contributed by atoms with Gasteiger partial charge in [-0.25, -0.2) is 13.2 Å². The van der Waals surface area contributed by atoms with Gasteiger partial charge >= 0.3 is 5.97 Å². The highest BCUT2D eigenvalue weighted by atomic mass is 35.5. The largest absolute Gasteiger partial charge is 0.494 e. The Morgan fingerprint density at radius 2 is 1.83 bits per heavy atom. The number of hydrogen-bond donors (Lipinski definition) is 1. The molecule has 1 N–H and O–H groups in total. The maximum Gasteiger partial charge on any atom is 0.337 e. The molecule has 0 heterocycles. The first-order valence-corrected chi connectivity index (χ1v) is 9.24. The Morgan fingerprint density at radius 1 is 1.29 bits per heavy atom. The van der Waals surface area contributed by atoms with Crippen molar-refractivity contribution in [3.63, 3.8) is 0 Å². The Kier molecular flexibility index (Phi) is 9.38. The average molecular weight is 380 g/mol. The van der Waals surface area contributed by atoms with E-state index >= 15 is 0 Å². The SMILES string of the molecule is CCN(C=O)CC.CCS(=O)(=O)c1ccc(C(=O)O)c(Cl)c1OC. The highest BCUT2D eigenvalue weighted by Crippen LogP contribution is 2.35. The summed E-state index contributed by atoms with van der Waals surface area (Å²) in [6, 6.07) is 2.34. The van der Waals surface area contributed by atoms with Gasteiger partial charge in [0.15, 0.2) is 15.6 Å². The zero-order chi connectivity index (χ0) is 18.9. The van der Waals surface area contributed by atoms with E-state index in [1.165, 1.54) is 20.1 Å². The van der Waals surface area contributed by atoms with Gasteiger partial charge in [0.2, 0.25) is 6.41 Å². The van der Waals surface area contributed by atoms with Crippen molar-refractivity contribution in [1.29, 1.82) is 0 Å². The number of sulfone groups is 1. The number of carbonyl (C=O) groups excluding carboxylic acids is 1. The smallest absolute Gasteiger partial charge is 0.337 e. The summed E-state index contributed by atoms with van der Waals surface area (Å²) < 4.78 is 28.3. The molecule has 24 heavy (non-hydrogen) atoms. The standard InChI is InChI=1S/C10H11ClO5S.C5H11NO/c1-3-17(14,15)7-5-4-6(10(12)13)8(11)9(7)16-2;1-3-6(4-2)5-7/h4-5H,3H2,1-2H3,(H,12,13);5H,3-4H2,1-2H3. The van der Waals surface area contributed by atoms with Crippen LogP contribution in [0.4, 0.5) is 0 Å². The number of nitrogens with zero attached hydrogens (tertiary/aromatic N) is 1. The number of ether oxygens (including phenoxy) is 1. The van der Waals surface area contributed by atoms with Gasteiger partial charge in [-0.3, -0.25) is 4.79 Å². The van der Waals surface area contributed by atoms with Crippen molar-refractivity contribution < 1.29 is 27.9 Å². The molecule has 0 aromatic heterocycles. The molecule has 7 nitrogen and oxygen atoms in total. The zero-order valence-electron chi connectivity index (χ0n) is 14.1. The molecule has 0 radical (unpaired) electrons. The van der Waals surface area contributed by atoms with Crippen molar-refractivity contribution in [3.05, 3.63) is 22.7 Å². The van der Waals surface area contributed by atoms with Crippen LogP contribution in [0, 0.1) is 0 Å². The molecule has 0 aliphatic rings. The third kappa shape index (κ3) is 5.68. The van der Waals surface area contributed by atoms with E-state index in [2.05, 4.69) is 0 Å². The van der Waals surface area contributed by atoms with E-state index in [1.807, 2.05) is 13.8 Å². The van der Waals surface area contributed by atoms with Crippen LogP contribution in [-0.2, 0) is 14.6 Å². The highest BCUT2D eigenvalue weighted by Gasteiger charge is 2.23. The Balaban J connectivity index is 0.000000640. The molecule has 0 saturated carbocycles. The van der Waals surface area contributed by atoms with E-state index in [1.54, 1.807) is 4.90 Å². The van der Waals surface area contributed by atoms with Gasteiger partial charge < -0.3 is 14.7 Å². The van der Waals surface area contributed by atoms with E-state index in [0.29, 0.717) is 0 Å². The molecule has 1 amide bonds. The van der Waals surface area contributed by atoms with Gasteiger partial charge in [0.1, 0.15) is 4.90 Å². The van der Waals surface area contributed by atoms with Gasteiger partial charge in [-0.15, -0.1) is 0 Å². The summed E-state index contributed by atoms with van der Waals surface area (Å²) in [4.78, 5) is 22.3. The monoisotopic (exact) mass is 379 g/mol. The Morgan fingerprint density at radius 3 is 2.12 bits per heavy atom. The van der Waals surface area contributed by atoms with Crippen molar-refractivity contribution >= 4 is 33.8 Å². The van der Waals surface area contributed by atoms with Gasteiger partial charge in [0, 0.05) is 13.1 Å². The molecule has 0 spiro atoms. The fourth-order valence-corrected chi connectivity index (χ4v) is 3.10. The molecular weight excluding hydrogens is 358 g/mol. The lowest BCUT2D eigenvalue weighted by Gasteiger charge is -2.11. The Hall–Kier alpha value is -1.80. The maximum absolute atomic E-state index is 11.7. The molecule has 1 rings (SSSR count). The Bertz CT molecular complexity index is 671. The third-order valence-electron chi connectivity index (χ3n) is 3.17. The van der Waals surface area contributed by atoms with Gasteiger partial charge in [-0.2, -0.15) is 0 Å². The number of aromatic carboxylic acids is 1. The van der Waals surface area contributed by atoms with Crippen LogP contribution in [0.1, 0.15) is 31.1 Å². The summed E-state index contributed by atoms with van der Waals surface area (Å²) >= 11 is 5.80. The minimum absolute atomic E-state index is 0.0995. The number of hydrogen-bond acceptors (Lipinski definition) is 5. The average Bonchev–Trinajstić information content (AvgIpc) is 2.56. The van der Waals surface area contributed by atoms with Crippen LogP contribution in [0.3, 0.4) is 0 Å². The van der Waals surface area contributed by atoms with Crippen LogP contribution < -0.4 is 4.74 Å². The first-order chi connectivity index (χ1) is 11.2.